The largest absolute Gasteiger partial charge is 0.497 e. The molecule has 0 bridgehead atoms. The molecule has 0 spiro atoms. The Labute approximate surface area is 123 Å². The van der Waals surface area contributed by atoms with Gasteiger partial charge in [-0.2, -0.15) is 0 Å². The summed E-state index contributed by atoms with van der Waals surface area (Å²) in [5, 5.41) is 2.45. The van der Waals surface area contributed by atoms with Gasteiger partial charge in [-0.25, -0.2) is 4.79 Å². The van der Waals surface area contributed by atoms with E-state index in [1.165, 1.54) is 0 Å². The van der Waals surface area contributed by atoms with Gasteiger partial charge in [-0.15, -0.1) is 0 Å². The Morgan fingerprint density at radius 3 is 2.67 bits per heavy atom. The lowest BCUT2D eigenvalue weighted by Gasteiger charge is -2.05. The number of benzene rings is 1. The highest BCUT2D eigenvalue weighted by atomic mass is 16.5. The molecule has 1 aromatic rings. The third-order valence-electron chi connectivity index (χ3n) is 3.50. The summed E-state index contributed by atoms with van der Waals surface area (Å²) < 4.78 is 10.3. The van der Waals surface area contributed by atoms with E-state index in [4.69, 9.17) is 15.2 Å². The van der Waals surface area contributed by atoms with Gasteiger partial charge < -0.3 is 20.5 Å². The maximum absolute atomic E-state index is 11.9. The molecule has 2 rings (SSSR count). The van der Waals surface area contributed by atoms with Gasteiger partial charge in [-0.05, 0) is 36.5 Å². The van der Waals surface area contributed by atoms with Crippen LogP contribution in [0.3, 0.4) is 0 Å². The van der Waals surface area contributed by atoms with Crippen molar-refractivity contribution in [2.24, 2.45) is 11.7 Å². The summed E-state index contributed by atoms with van der Waals surface area (Å²) >= 11 is 0. The maximum atomic E-state index is 11.9. The topological polar surface area (TPSA) is 90.7 Å². The number of methoxy groups -OCH3 is 1. The van der Waals surface area contributed by atoms with Crippen LogP contribution in [-0.4, -0.2) is 32.3 Å². The number of nitrogens with two attached hydrogens (primary N) is 1. The highest BCUT2D eigenvalue weighted by Gasteiger charge is 2.45. The third kappa shape index (κ3) is 4.37. The fourth-order valence-electron chi connectivity index (χ4n) is 2.24. The highest BCUT2D eigenvalue weighted by molar-refractivity contribution is 5.77. The van der Waals surface area contributed by atoms with Gasteiger partial charge in [0.2, 0.25) is 0 Å². The van der Waals surface area contributed by atoms with Crippen LogP contribution in [0.15, 0.2) is 24.3 Å². The van der Waals surface area contributed by atoms with Gasteiger partial charge in [0.05, 0.1) is 19.6 Å². The number of hydrogen-bond donors (Lipinski definition) is 2. The fraction of sp³-hybridized carbons (Fsp3) is 0.467. The molecule has 0 aliphatic heterocycles. The van der Waals surface area contributed by atoms with Gasteiger partial charge in [0.1, 0.15) is 5.75 Å². The summed E-state index contributed by atoms with van der Waals surface area (Å²) in [5.41, 5.74) is 6.06. The average Bonchev–Trinajstić information content (AvgIpc) is 3.27. The second-order valence-electron chi connectivity index (χ2n) is 5.03. The number of urea groups is 1. The predicted octanol–water partition coefficient (Wildman–Crippen LogP) is 1.40. The highest BCUT2D eigenvalue weighted by Crippen LogP contribution is 2.48. The fourth-order valence-corrected chi connectivity index (χ4v) is 2.24. The number of carbonyl (C=O) groups excluding carboxylic acids is 2. The molecule has 1 saturated carbocycles. The molecule has 114 valence electrons. The second kappa shape index (κ2) is 6.97. The molecular formula is C15H20N2O4. The van der Waals surface area contributed by atoms with Crippen molar-refractivity contribution in [2.45, 2.75) is 18.8 Å². The molecule has 2 atom stereocenters. The van der Waals surface area contributed by atoms with Crippen LogP contribution in [0.25, 0.3) is 0 Å². The summed E-state index contributed by atoms with van der Waals surface area (Å²) in [6.45, 7) is 0.708. The minimum atomic E-state index is -0.567. The number of ether oxygens (including phenoxy) is 2. The molecule has 1 aliphatic rings. The Bertz CT molecular complexity index is 501. The summed E-state index contributed by atoms with van der Waals surface area (Å²) in [4.78, 5) is 22.3. The molecule has 2 unspecified atom stereocenters. The van der Waals surface area contributed by atoms with Gasteiger partial charge in [-0.1, -0.05) is 12.1 Å². The van der Waals surface area contributed by atoms with E-state index in [2.05, 4.69) is 5.32 Å². The number of hydrogen-bond acceptors (Lipinski definition) is 4. The lowest BCUT2D eigenvalue weighted by molar-refractivity contribution is -0.145. The molecule has 6 heteroatoms. The van der Waals surface area contributed by atoms with Gasteiger partial charge in [0.15, 0.2) is 0 Å². The quantitative estimate of drug-likeness (QED) is 0.587. The molecule has 3 N–H and O–H groups in total. The molecule has 1 fully saturated rings. The van der Waals surface area contributed by atoms with E-state index >= 15 is 0 Å². The predicted molar refractivity (Wildman–Crippen MR) is 77.0 cm³/mol. The van der Waals surface area contributed by atoms with Crippen molar-refractivity contribution in [3.8, 4) is 5.75 Å². The number of primary amides is 1. The van der Waals surface area contributed by atoms with Crippen LogP contribution in [0.4, 0.5) is 4.79 Å². The van der Waals surface area contributed by atoms with Gasteiger partial charge in [0, 0.05) is 6.54 Å². The molecule has 1 aromatic carbocycles. The number of carbonyl (C=O) groups is 2. The minimum Gasteiger partial charge on any atom is -0.497 e. The van der Waals surface area contributed by atoms with Crippen LogP contribution >= 0.6 is 0 Å². The Hall–Kier alpha value is -2.24. The number of rotatable bonds is 7. The first kappa shape index (κ1) is 15.2. The minimum absolute atomic E-state index is 0.0532. The van der Waals surface area contributed by atoms with E-state index in [9.17, 15) is 9.59 Å². The van der Waals surface area contributed by atoms with Crippen molar-refractivity contribution >= 4 is 12.0 Å². The first-order valence-electron chi connectivity index (χ1n) is 6.95. The molecule has 0 saturated heterocycles. The van der Waals surface area contributed by atoms with Gasteiger partial charge >= 0.3 is 12.0 Å². The van der Waals surface area contributed by atoms with Crippen molar-refractivity contribution in [1.29, 1.82) is 0 Å². The molecule has 2 amide bonds. The van der Waals surface area contributed by atoms with Gasteiger partial charge in [0.25, 0.3) is 0 Å². The summed E-state index contributed by atoms with van der Waals surface area (Å²) in [7, 11) is 1.62. The first-order valence-corrected chi connectivity index (χ1v) is 6.95. The van der Waals surface area contributed by atoms with E-state index in [1.807, 2.05) is 24.3 Å². The van der Waals surface area contributed by atoms with Crippen LogP contribution in [0.1, 0.15) is 24.3 Å². The van der Waals surface area contributed by atoms with Crippen LogP contribution in [-0.2, 0) is 9.53 Å². The Kier molecular flexibility index (Phi) is 5.03. The smallest absolute Gasteiger partial charge is 0.312 e. The monoisotopic (exact) mass is 292 g/mol. The molecule has 6 nitrogen and oxygen atoms in total. The lowest BCUT2D eigenvalue weighted by Crippen LogP contribution is -2.30. The van der Waals surface area contributed by atoms with E-state index in [0.29, 0.717) is 19.6 Å². The Morgan fingerprint density at radius 1 is 1.33 bits per heavy atom. The van der Waals surface area contributed by atoms with Crippen molar-refractivity contribution in [3.63, 3.8) is 0 Å². The van der Waals surface area contributed by atoms with Crippen molar-refractivity contribution in [1.82, 2.24) is 5.32 Å². The van der Waals surface area contributed by atoms with Crippen molar-refractivity contribution < 1.29 is 19.1 Å². The molecule has 0 heterocycles. The summed E-state index contributed by atoms with van der Waals surface area (Å²) in [5.74, 6) is 0.824. The van der Waals surface area contributed by atoms with Crippen LogP contribution in [0.5, 0.6) is 5.75 Å². The molecule has 1 aliphatic carbocycles. The van der Waals surface area contributed by atoms with Crippen molar-refractivity contribution in [3.05, 3.63) is 29.8 Å². The average molecular weight is 292 g/mol. The third-order valence-corrected chi connectivity index (χ3v) is 3.50. The van der Waals surface area contributed by atoms with Gasteiger partial charge in [-0.3, -0.25) is 4.79 Å². The van der Waals surface area contributed by atoms with E-state index in [-0.39, 0.29) is 17.8 Å². The first-order chi connectivity index (χ1) is 10.1. The normalized spacial score (nSPS) is 19.7. The lowest BCUT2D eigenvalue weighted by atomic mass is 10.1. The summed E-state index contributed by atoms with van der Waals surface area (Å²) in [6, 6.07) is 7.18. The van der Waals surface area contributed by atoms with E-state index in [1.54, 1.807) is 7.11 Å². The number of amides is 2. The molecule has 0 aromatic heterocycles. The SMILES string of the molecule is COc1ccc(C2CC2C(=O)OCCCNC(N)=O)cc1. The van der Waals surface area contributed by atoms with Crippen LogP contribution in [0, 0.1) is 5.92 Å². The van der Waals surface area contributed by atoms with Crippen LogP contribution < -0.4 is 15.8 Å². The van der Waals surface area contributed by atoms with E-state index in [0.717, 1.165) is 17.7 Å². The second-order valence-corrected chi connectivity index (χ2v) is 5.03. The molecule has 0 radical (unpaired) electrons. The molecular weight excluding hydrogens is 272 g/mol. The van der Waals surface area contributed by atoms with E-state index < -0.39 is 6.03 Å². The van der Waals surface area contributed by atoms with Crippen LogP contribution in [0.2, 0.25) is 0 Å². The standard InChI is InChI=1S/C15H20N2O4/c1-20-11-5-3-10(4-6-11)12-9-13(12)14(18)21-8-2-7-17-15(16)19/h3-6,12-13H,2,7-9H2,1H3,(H3,16,17,19). The zero-order valence-electron chi connectivity index (χ0n) is 12.0. The Balaban J connectivity index is 1.69. The number of esters is 1. The zero-order valence-corrected chi connectivity index (χ0v) is 12.0. The summed E-state index contributed by atoms with van der Waals surface area (Å²) in [6.07, 6.45) is 1.39. The molecule has 21 heavy (non-hydrogen) atoms. The Morgan fingerprint density at radius 2 is 2.05 bits per heavy atom. The number of nitrogens with one attached hydrogen (secondary N) is 1. The maximum Gasteiger partial charge on any atom is 0.312 e. The van der Waals surface area contributed by atoms with Crippen molar-refractivity contribution in [2.75, 3.05) is 20.3 Å². The zero-order chi connectivity index (χ0) is 15.2.